The molecule has 0 radical (unpaired) electrons. The molecule has 5 nitrogen and oxygen atoms in total. The largest absolute Gasteiger partial charge is 0.335 e. The fraction of sp³-hybridized carbons (Fsp3) is 0.250. The fourth-order valence-electron chi connectivity index (χ4n) is 1.98. The Hall–Kier alpha value is -2.17. The minimum Gasteiger partial charge on any atom is -0.335 e. The van der Waals surface area contributed by atoms with E-state index in [0.29, 0.717) is 10.4 Å². The number of amides is 1. The lowest BCUT2D eigenvalue weighted by molar-refractivity contribution is -0.120. The molecule has 1 N–H and O–H groups in total. The van der Waals surface area contributed by atoms with E-state index < -0.39 is 27.0 Å². The minimum atomic E-state index is -3.65. The Morgan fingerprint density at radius 2 is 1.96 bits per heavy atom. The number of benzene rings is 1. The van der Waals surface area contributed by atoms with Crippen LogP contribution in [0.4, 0.5) is 0 Å². The van der Waals surface area contributed by atoms with Crippen LogP contribution in [0.25, 0.3) is 0 Å². The van der Waals surface area contributed by atoms with Crippen molar-refractivity contribution in [3.05, 3.63) is 58.3 Å². The SMILES string of the molecule is C[C@H](C(=O)NC(C#N)c1cccs1)S(=O)(=O)Cc1ccccc1. The zero-order valence-electron chi connectivity index (χ0n) is 12.5. The summed E-state index contributed by atoms with van der Waals surface area (Å²) in [7, 11) is -3.65. The summed E-state index contributed by atoms with van der Waals surface area (Å²) in [5.74, 6) is -0.876. The summed E-state index contributed by atoms with van der Waals surface area (Å²) in [4.78, 5) is 12.9. The Balaban J connectivity index is 2.08. The van der Waals surface area contributed by atoms with Crippen LogP contribution in [0, 0.1) is 11.3 Å². The predicted molar refractivity (Wildman–Crippen MR) is 89.3 cm³/mol. The van der Waals surface area contributed by atoms with Gasteiger partial charge in [-0.2, -0.15) is 5.26 Å². The molecule has 0 spiro atoms. The molecular formula is C16H16N2O3S2. The van der Waals surface area contributed by atoms with Gasteiger partial charge in [0, 0.05) is 4.88 Å². The number of sulfone groups is 1. The van der Waals surface area contributed by atoms with Crippen LogP contribution in [0.2, 0.25) is 0 Å². The van der Waals surface area contributed by atoms with E-state index in [-0.39, 0.29) is 5.75 Å². The van der Waals surface area contributed by atoms with Crippen molar-refractivity contribution in [3.8, 4) is 6.07 Å². The Labute approximate surface area is 139 Å². The molecule has 2 rings (SSSR count). The van der Waals surface area contributed by atoms with E-state index in [4.69, 9.17) is 5.26 Å². The lowest BCUT2D eigenvalue weighted by atomic mass is 10.2. The first-order valence-corrected chi connectivity index (χ1v) is 9.52. The highest BCUT2D eigenvalue weighted by atomic mass is 32.2. The zero-order valence-corrected chi connectivity index (χ0v) is 14.1. The molecule has 0 fully saturated rings. The maximum atomic E-state index is 12.4. The molecule has 0 aliphatic rings. The van der Waals surface area contributed by atoms with Crippen LogP contribution in [-0.2, 0) is 20.4 Å². The van der Waals surface area contributed by atoms with Crippen LogP contribution in [0.1, 0.15) is 23.4 Å². The van der Waals surface area contributed by atoms with Gasteiger partial charge in [-0.15, -0.1) is 11.3 Å². The number of nitrogens with one attached hydrogen (secondary N) is 1. The van der Waals surface area contributed by atoms with Gasteiger partial charge in [0.2, 0.25) is 5.91 Å². The first-order valence-electron chi connectivity index (χ1n) is 6.93. The molecule has 1 amide bonds. The van der Waals surface area contributed by atoms with Gasteiger partial charge in [-0.1, -0.05) is 36.4 Å². The predicted octanol–water partition coefficient (Wildman–Crippen LogP) is 2.43. The average Bonchev–Trinajstić information content (AvgIpc) is 3.06. The van der Waals surface area contributed by atoms with Gasteiger partial charge < -0.3 is 5.32 Å². The van der Waals surface area contributed by atoms with Crippen LogP contribution in [0.5, 0.6) is 0 Å². The number of rotatable bonds is 6. The first kappa shape index (κ1) is 17.2. The molecule has 0 aliphatic heterocycles. The topological polar surface area (TPSA) is 87.0 Å². The van der Waals surface area contributed by atoms with Gasteiger partial charge in [-0.05, 0) is 23.9 Å². The van der Waals surface area contributed by atoms with Crippen LogP contribution in [0.15, 0.2) is 47.8 Å². The Bertz CT molecular complexity index is 794. The van der Waals surface area contributed by atoms with E-state index in [1.165, 1.54) is 18.3 Å². The molecule has 2 aromatic rings. The molecule has 1 aromatic carbocycles. The Kier molecular flexibility index (Phi) is 5.53. The molecule has 0 aliphatic carbocycles. The quantitative estimate of drug-likeness (QED) is 0.868. The molecule has 7 heteroatoms. The van der Waals surface area contributed by atoms with Gasteiger partial charge in [0.1, 0.15) is 5.25 Å². The van der Waals surface area contributed by atoms with E-state index in [1.54, 1.807) is 47.8 Å². The van der Waals surface area contributed by atoms with E-state index in [2.05, 4.69) is 5.32 Å². The lowest BCUT2D eigenvalue weighted by Gasteiger charge is -2.15. The smallest absolute Gasteiger partial charge is 0.239 e. The third-order valence-corrected chi connectivity index (χ3v) is 6.33. The van der Waals surface area contributed by atoms with Gasteiger partial charge >= 0.3 is 0 Å². The third kappa shape index (κ3) is 4.41. The molecule has 2 atom stereocenters. The molecule has 1 unspecified atom stereocenters. The summed E-state index contributed by atoms with van der Waals surface area (Å²) in [5, 5.41) is 12.2. The van der Waals surface area contributed by atoms with Crippen molar-refractivity contribution in [1.82, 2.24) is 5.32 Å². The number of carbonyl (C=O) groups is 1. The number of nitriles is 1. The molecule has 0 saturated heterocycles. The Morgan fingerprint density at radius 3 is 2.52 bits per heavy atom. The highest BCUT2D eigenvalue weighted by Gasteiger charge is 2.30. The number of nitrogens with zero attached hydrogens (tertiary/aromatic N) is 1. The van der Waals surface area contributed by atoms with Crippen molar-refractivity contribution in [1.29, 1.82) is 5.26 Å². The molecule has 0 bridgehead atoms. The van der Waals surface area contributed by atoms with Gasteiger partial charge in [0.25, 0.3) is 0 Å². The van der Waals surface area contributed by atoms with Crippen LogP contribution >= 0.6 is 11.3 Å². The second-order valence-corrected chi connectivity index (χ2v) is 8.32. The molecular weight excluding hydrogens is 332 g/mol. The van der Waals surface area contributed by atoms with Crippen molar-refractivity contribution >= 4 is 27.1 Å². The monoisotopic (exact) mass is 348 g/mol. The summed E-state index contributed by atoms with van der Waals surface area (Å²) in [6.45, 7) is 1.34. The van der Waals surface area contributed by atoms with Crippen molar-refractivity contribution in [2.45, 2.75) is 24.0 Å². The first-order chi connectivity index (χ1) is 10.9. The normalized spacial score (nSPS) is 13.7. The molecule has 0 saturated carbocycles. The highest BCUT2D eigenvalue weighted by molar-refractivity contribution is 7.92. The third-order valence-electron chi connectivity index (χ3n) is 3.36. The standard InChI is InChI=1S/C16H16N2O3S2/c1-12(23(20,21)11-13-6-3-2-4-7-13)16(19)18-14(10-17)15-8-5-9-22-15/h2-9,12,14H,11H2,1H3,(H,18,19)/t12-,14?/m1/s1. The van der Waals surface area contributed by atoms with Crippen molar-refractivity contribution in [2.24, 2.45) is 0 Å². The van der Waals surface area contributed by atoms with E-state index in [0.717, 1.165) is 0 Å². The number of hydrogen-bond donors (Lipinski definition) is 1. The second kappa shape index (κ2) is 7.40. The summed E-state index contributed by atoms with van der Waals surface area (Å²) in [6.07, 6.45) is 0. The summed E-state index contributed by atoms with van der Waals surface area (Å²) >= 11 is 1.33. The van der Waals surface area contributed by atoms with Crippen molar-refractivity contribution < 1.29 is 13.2 Å². The number of thiophene rings is 1. The van der Waals surface area contributed by atoms with Crippen LogP contribution < -0.4 is 5.32 Å². The van der Waals surface area contributed by atoms with Gasteiger partial charge in [0.05, 0.1) is 11.8 Å². The van der Waals surface area contributed by atoms with Gasteiger partial charge in [0.15, 0.2) is 15.9 Å². The van der Waals surface area contributed by atoms with Crippen molar-refractivity contribution in [2.75, 3.05) is 0 Å². The number of hydrogen-bond acceptors (Lipinski definition) is 5. The van der Waals surface area contributed by atoms with E-state index >= 15 is 0 Å². The summed E-state index contributed by atoms with van der Waals surface area (Å²) < 4.78 is 24.7. The van der Waals surface area contributed by atoms with Gasteiger partial charge in [-0.25, -0.2) is 8.42 Å². The summed E-state index contributed by atoms with van der Waals surface area (Å²) in [5.41, 5.74) is 0.627. The zero-order chi connectivity index (χ0) is 16.9. The van der Waals surface area contributed by atoms with Crippen LogP contribution in [0.3, 0.4) is 0 Å². The van der Waals surface area contributed by atoms with Crippen molar-refractivity contribution in [3.63, 3.8) is 0 Å². The maximum Gasteiger partial charge on any atom is 0.239 e. The average molecular weight is 348 g/mol. The van der Waals surface area contributed by atoms with Crippen LogP contribution in [-0.4, -0.2) is 19.6 Å². The Morgan fingerprint density at radius 1 is 1.26 bits per heavy atom. The fourth-order valence-corrected chi connectivity index (χ4v) is 4.00. The molecule has 1 heterocycles. The van der Waals surface area contributed by atoms with E-state index in [1.807, 2.05) is 6.07 Å². The highest BCUT2D eigenvalue weighted by Crippen LogP contribution is 2.19. The maximum absolute atomic E-state index is 12.4. The second-order valence-electron chi connectivity index (χ2n) is 5.02. The summed E-state index contributed by atoms with van der Waals surface area (Å²) in [6, 6.07) is 13.3. The minimum absolute atomic E-state index is 0.210. The molecule has 23 heavy (non-hydrogen) atoms. The van der Waals surface area contributed by atoms with Gasteiger partial charge in [-0.3, -0.25) is 4.79 Å². The lowest BCUT2D eigenvalue weighted by Crippen LogP contribution is -2.39. The number of carbonyl (C=O) groups excluding carboxylic acids is 1. The molecule has 120 valence electrons. The molecule has 1 aromatic heterocycles. The van der Waals surface area contributed by atoms with E-state index in [9.17, 15) is 13.2 Å².